The maximum Gasteiger partial charge on any atom is 0.217 e. The molecule has 0 aromatic carbocycles. The minimum absolute atomic E-state index is 0.0309. The number of rotatable bonds is 3. The summed E-state index contributed by atoms with van der Waals surface area (Å²) in [4.78, 5) is 0.432. The summed E-state index contributed by atoms with van der Waals surface area (Å²) in [6.45, 7) is 2.13. The first-order valence-corrected chi connectivity index (χ1v) is 8.29. The van der Waals surface area contributed by atoms with E-state index in [9.17, 15) is 8.42 Å². The summed E-state index contributed by atoms with van der Waals surface area (Å²) in [6.07, 6.45) is 2.92. The van der Waals surface area contributed by atoms with Crippen LogP contribution in [-0.2, 0) is 14.8 Å². The lowest BCUT2D eigenvalue weighted by Gasteiger charge is -2.35. The molecule has 2 heterocycles. The van der Waals surface area contributed by atoms with E-state index < -0.39 is 10.0 Å². The maximum atomic E-state index is 12.5. The van der Waals surface area contributed by atoms with Crippen LogP contribution in [-0.4, -0.2) is 49.3 Å². The molecule has 7 heteroatoms. The Bertz CT molecular complexity index is 405. The number of hydrogen-bond donors (Lipinski definition) is 1. The standard InChI is InChI=1S/C11H20N2O3S2/c12-11(17)9-2-1-5-13(8-9)18(14,15)10-3-6-16-7-4-10/h9-10H,1-8H2,(H2,12,17). The van der Waals surface area contributed by atoms with Crippen molar-refractivity contribution in [3.63, 3.8) is 0 Å². The van der Waals surface area contributed by atoms with Gasteiger partial charge in [-0.25, -0.2) is 12.7 Å². The second-order valence-corrected chi connectivity index (χ2v) is 7.64. The van der Waals surface area contributed by atoms with Crippen molar-refractivity contribution in [3.8, 4) is 0 Å². The Labute approximate surface area is 114 Å². The summed E-state index contributed by atoms with van der Waals surface area (Å²) in [7, 11) is -3.21. The first kappa shape index (κ1) is 14.2. The van der Waals surface area contributed by atoms with Gasteiger partial charge in [-0.15, -0.1) is 0 Å². The zero-order valence-electron chi connectivity index (χ0n) is 10.4. The summed E-state index contributed by atoms with van der Waals surface area (Å²) in [5, 5.41) is -0.295. The molecule has 0 bridgehead atoms. The highest BCUT2D eigenvalue weighted by molar-refractivity contribution is 7.89. The van der Waals surface area contributed by atoms with Crippen LogP contribution in [0.5, 0.6) is 0 Å². The minimum atomic E-state index is -3.21. The molecule has 18 heavy (non-hydrogen) atoms. The van der Waals surface area contributed by atoms with Gasteiger partial charge in [0.2, 0.25) is 10.0 Å². The van der Waals surface area contributed by atoms with Crippen LogP contribution in [0.3, 0.4) is 0 Å². The Balaban J connectivity index is 2.06. The van der Waals surface area contributed by atoms with Gasteiger partial charge in [-0.3, -0.25) is 0 Å². The number of piperidine rings is 1. The molecule has 1 unspecified atom stereocenters. The lowest BCUT2D eigenvalue weighted by molar-refractivity contribution is 0.0969. The molecule has 0 amide bonds. The normalized spacial score (nSPS) is 28.1. The van der Waals surface area contributed by atoms with Crippen LogP contribution in [0.25, 0.3) is 0 Å². The van der Waals surface area contributed by atoms with Gasteiger partial charge in [0.05, 0.1) is 10.2 Å². The van der Waals surface area contributed by atoms with Crippen molar-refractivity contribution in [1.82, 2.24) is 4.31 Å². The molecule has 0 radical (unpaired) electrons. The van der Waals surface area contributed by atoms with Gasteiger partial charge >= 0.3 is 0 Å². The van der Waals surface area contributed by atoms with E-state index in [1.807, 2.05) is 0 Å². The van der Waals surface area contributed by atoms with Crippen LogP contribution in [0.15, 0.2) is 0 Å². The fourth-order valence-electron chi connectivity index (χ4n) is 2.59. The van der Waals surface area contributed by atoms with Crippen molar-refractivity contribution < 1.29 is 13.2 Å². The summed E-state index contributed by atoms with van der Waals surface area (Å²) < 4.78 is 31.8. The Kier molecular flexibility index (Phi) is 4.58. The summed E-state index contributed by atoms with van der Waals surface area (Å²) in [5.74, 6) is 0.0309. The van der Waals surface area contributed by atoms with Crippen LogP contribution >= 0.6 is 12.2 Å². The van der Waals surface area contributed by atoms with Gasteiger partial charge in [0.25, 0.3) is 0 Å². The van der Waals surface area contributed by atoms with E-state index >= 15 is 0 Å². The predicted molar refractivity (Wildman–Crippen MR) is 73.8 cm³/mol. The molecule has 0 spiro atoms. The van der Waals surface area contributed by atoms with Crippen LogP contribution in [0.4, 0.5) is 0 Å². The molecule has 0 aliphatic carbocycles. The average molecular weight is 292 g/mol. The molecule has 2 aliphatic rings. The largest absolute Gasteiger partial charge is 0.393 e. The van der Waals surface area contributed by atoms with Crippen LogP contribution in [0.1, 0.15) is 25.7 Å². The SMILES string of the molecule is NC(=S)C1CCCN(S(=O)(=O)C2CCOCC2)C1. The van der Waals surface area contributed by atoms with Crippen molar-refractivity contribution in [1.29, 1.82) is 0 Å². The van der Waals surface area contributed by atoms with Crippen LogP contribution < -0.4 is 5.73 Å². The van der Waals surface area contributed by atoms with E-state index in [-0.39, 0.29) is 11.2 Å². The molecule has 2 saturated heterocycles. The fourth-order valence-corrected chi connectivity index (χ4v) is 4.76. The van der Waals surface area contributed by atoms with Crippen molar-refractivity contribution in [2.45, 2.75) is 30.9 Å². The third kappa shape index (κ3) is 3.01. The predicted octanol–water partition coefficient (Wildman–Crippen LogP) is 0.493. The van der Waals surface area contributed by atoms with Crippen molar-refractivity contribution in [3.05, 3.63) is 0 Å². The van der Waals surface area contributed by atoms with E-state index in [0.29, 0.717) is 44.1 Å². The molecule has 104 valence electrons. The van der Waals surface area contributed by atoms with Crippen molar-refractivity contribution in [2.75, 3.05) is 26.3 Å². The zero-order chi connectivity index (χ0) is 13.2. The number of nitrogens with two attached hydrogens (primary N) is 1. The van der Waals surface area contributed by atoms with Gasteiger partial charge in [-0.05, 0) is 25.7 Å². The zero-order valence-corrected chi connectivity index (χ0v) is 12.0. The molecule has 2 fully saturated rings. The van der Waals surface area contributed by atoms with E-state index in [1.54, 1.807) is 4.31 Å². The highest BCUT2D eigenvalue weighted by Gasteiger charge is 2.36. The lowest BCUT2D eigenvalue weighted by atomic mass is 10.00. The first-order chi connectivity index (χ1) is 8.51. The van der Waals surface area contributed by atoms with E-state index in [1.165, 1.54) is 0 Å². The van der Waals surface area contributed by atoms with E-state index in [0.717, 1.165) is 12.8 Å². The number of sulfonamides is 1. The quantitative estimate of drug-likeness (QED) is 0.767. The highest BCUT2D eigenvalue weighted by Crippen LogP contribution is 2.25. The third-order valence-corrected chi connectivity index (χ3v) is 6.43. The van der Waals surface area contributed by atoms with Crippen LogP contribution in [0.2, 0.25) is 0 Å². The molecule has 1 atom stereocenters. The second-order valence-electron chi connectivity index (χ2n) is 4.96. The van der Waals surface area contributed by atoms with Crippen molar-refractivity contribution >= 4 is 27.2 Å². The van der Waals surface area contributed by atoms with Crippen LogP contribution in [0, 0.1) is 5.92 Å². The molecule has 5 nitrogen and oxygen atoms in total. The average Bonchev–Trinajstić information content (AvgIpc) is 2.40. The number of ether oxygens (including phenoxy) is 1. The summed E-state index contributed by atoms with van der Waals surface area (Å²) in [5.41, 5.74) is 5.64. The molecule has 0 saturated carbocycles. The molecular formula is C11H20N2O3S2. The topological polar surface area (TPSA) is 72.6 Å². The van der Waals surface area contributed by atoms with Gasteiger partial charge in [0.1, 0.15) is 0 Å². The molecule has 2 N–H and O–H groups in total. The van der Waals surface area contributed by atoms with Gasteiger partial charge in [-0.1, -0.05) is 12.2 Å². The monoisotopic (exact) mass is 292 g/mol. The molecule has 0 aromatic rings. The molecule has 2 aliphatic heterocycles. The number of thiocarbonyl (C=S) groups is 1. The molecule has 0 aromatic heterocycles. The Hall–Kier alpha value is -0.240. The number of hydrogen-bond acceptors (Lipinski definition) is 4. The van der Waals surface area contributed by atoms with Gasteiger partial charge in [0, 0.05) is 32.2 Å². The fraction of sp³-hybridized carbons (Fsp3) is 0.909. The maximum absolute atomic E-state index is 12.5. The molecule has 2 rings (SSSR count). The summed E-state index contributed by atoms with van der Waals surface area (Å²) in [6, 6.07) is 0. The Morgan fingerprint density at radius 3 is 2.56 bits per heavy atom. The summed E-state index contributed by atoms with van der Waals surface area (Å²) >= 11 is 4.98. The Morgan fingerprint density at radius 2 is 1.94 bits per heavy atom. The third-order valence-electron chi connectivity index (χ3n) is 3.74. The first-order valence-electron chi connectivity index (χ1n) is 6.38. The van der Waals surface area contributed by atoms with E-state index in [4.69, 9.17) is 22.7 Å². The Morgan fingerprint density at radius 1 is 1.28 bits per heavy atom. The van der Waals surface area contributed by atoms with Gasteiger partial charge in [-0.2, -0.15) is 0 Å². The number of nitrogens with zero attached hydrogens (tertiary/aromatic N) is 1. The van der Waals surface area contributed by atoms with Gasteiger partial charge < -0.3 is 10.5 Å². The van der Waals surface area contributed by atoms with E-state index in [2.05, 4.69) is 0 Å². The second kappa shape index (κ2) is 5.81. The highest BCUT2D eigenvalue weighted by atomic mass is 32.2. The lowest BCUT2D eigenvalue weighted by Crippen LogP contribution is -2.48. The minimum Gasteiger partial charge on any atom is -0.393 e. The van der Waals surface area contributed by atoms with Gasteiger partial charge in [0.15, 0.2) is 0 Å². The molecular weight excluding hydrogens is 272 g/mol. The smallest absolute Gasteiger partial charge is 0.217 e. The van der Waals surface area contributed by atoms with Crippen molar-refractivity contribution in [2.24, 2.45) is 11.7 Å².